The Hall–Kier alpha value is -1.59. The monoisotopic (exact) mass is 309 g/mol. The van der Waals surface area contributed by atoms with Crippen LogP contribution in [0.3, 0.4) is 0 Å². The van der Waals surface area contributed by atoms with Crippen LogP contribution in [0.25, 0.3) is 0 Å². The van der Waals surface area contributed by atoms with Gasteiger partial charge in [-0.25, -0.2) is 4.79 Å². The highest BCUT2D eigenvalue weighted by Gasteiger charge is 2.52. The van der Waals surface area contributed by atoms with Gasteiger partial charge in [0, 0.05) is 13.1 Å². The SMILES string of the molecule is CC(C)CC(C)N(C)C(=O)CN1C(=O)NC2(CCCC2)C1=O. The van der Waals surface area contributed by atoms with Gasteiger partial charge in [0.15, 0.2) is 0 Å². The fraction of sp³-hybridized carbons (Fsp3) is 0.812. The molecule has 0 aromatic rings. The molecule has 1 saturated heterocycles. The molecule has 1 spiro atoms. The molecule has 6 nitrogen and oxygen atoms in total. The molecule has 2 fully saturated rings. The number of urea groups is 1. The molecule has 1 aliphatic carbocycles. The first kappa shape index (κ1) is 16.8. The lowest BCUT2D eigenvalue weighted by Crippen LogP contribution is -2.46. The minimum Gasteiger partial charge on any atom is -0.341 e. The largest absolute Gasteiger partial charge is 0.341 e. The molecule has 1 N–H and O–H groups in total. The van der Waals surface area contributed by atoms with Crippen LogP contribution in [0, 0.1) is 5.92 Å². The highest BCUT2D eigenvalue weighted by Crippen LogP contribution is 2.34. The van der Waals surface area contributed by atoms with E-state index in [9.17, 15) is 14.4 Å². The third-order valence-electron chi connectivity index (χ3n) is 4.86. The number of rotatable bonds is 5. The second kappa shape index (κ2) is 6.26. The third kappa shape index (κ3) is 3.10. The number of imide groups is 1. The number of carbonyl (C=O) groups excluding carboxylic acids is 3. The molecule has 4 amide bonds. The number of hydrogen-bond donors (Lipinski definition) is 1. The molecule has 1 saturated carbocycles. The van der Waals surface area contributed by atoms with Crippen molar-refractivity contribution in [3.8, 4) is 0 Å². The topological polar surface area (TPSA) is 69.7 Å². The molecule has 0 radical (unpaired) electrons. The first-order valence-corrected chi connectivity index (χ1v) is 8.16. The van der Waals surface area contributed by atoms with Crippen molar-refractivity contribution in [2.24, 2.45) is 5.92 Å². The molecule has 1 unspecified atom stereocenters. The summed E-state index contributed by atoms with van der Waals surface area (Å²) in [7, 11) is 1.74. The summed E-state index contributed by atoms with van der Waals surface area (Å²) in [6, 6.07) is -0.334. The van der Waals surface area contributed by atoms with Gasteiger partial charge in [-0.15, -0.1) is 0 Å². The number of hydrogen-bond acceptors (Lipinski definition) is 3. The van der Waals surface area contributed by atoms with E-state index in [0.717, 1.165) is 24.2 Å². The molecule has 0 aromatic heterocycles. The van der Waals surface area contributed by atoms with Crippen LogP contribution in [0.5, 0.6) is 0 Å². The van der Waals surface area contributed by atoms with Crippen LogP contribution in [0.15, 0.2) is 0 Å². The van der Waals surface area contributed by atoms with Gasteiger partial charge in [-0.2, -0.15) is 0 Å². The summed E-state index contributed by atoms with van der Waals surface area (Å²) in [4.78, 5) is 39.7. The Morgan fingerprint density at radius 2 is 1.86 bits per heavy atom. The quantitative estimate of drug-likeness (QED) is 0.787. The maximum atomic E-state index is 12.5. The Kier molecular flexibility index (Phi) is 4.78. The van der Waals surface area contributed by atoms with E-state index in [2.05, 4.69) is 19.2 Å². The Bertz CT molecular complexity index is 469. The highest BCUT2D eigenvalue weighted by molar-refractivity contribution is 6.09. The standard InChI is InChI=1S/C16H27N3O3/c1-11(2)9-12(3)18(4)13(20)10-19-14(21)16(17-15(19)22)7-5-6-8-16/h11-12H,5-10H2,1-4H3,(H,17,22). The molecule has 0 bridgehead atoms. The Morgan fingerprint density at radius 3 is 2.41 bits per heavy atom. The van der Waals surface area contributed by atoms with Crippen LogP contribution in [0.1, 0.15) is 52.9 Å². The molecule has 1 heterocycles. The van der Waals surface area contributed by atoms with Crippen molar-refractivity contribution in [3.05, 3.63) is 0 Å². The van der Waals surface area contributed by atoms with E-state index in [1.807, 2.05) is 6.92 Å². The zero-order valence-corrected chi connectivity index (χ0v) is 14.0. The molecule has 1 aliphatic heterocycles. The van der Waals surface area contributed by atoms with Crippen molar-refractivity contribution in [2.45, 2.75) is 64.5 Å². The summed E-state index contributed by atoms with van der Waals surface area (Å²) >= 11 is 0. The predicted molar refractivity (Wildman–Crippen MR) is 83.1 cm³/mol. The number of nitrogens with zero attached hydrogens (tertiary/aromatic N) is 2. The van der Waals surface area contributed by atoms with E-state index in [4.69, 9.17) is 0 Å². The number of amides is 4. The minimum absolute atomic E-state index is 0.0914. The maximum absolute atomic E-state index is 12.5. The molecule has 6 heteroatoms. The number of carbonyl (C=O) groups is 3. The molecular formula is C16H27N3O3. The normalized spacial score (nSPS) is 21.6. The van der Waals surface area contributed by atoms with E-state index in [-0.39, 0.29) is 24.4 Å². The van der Waals surface area contributed by atoms with Gasteiger partial charge in [-0.1, -0.05) is 26.7 Å². The van der Waals surface area contributed by atoms with Gasteiger partial charge in [-0.3, -0.25) is 14.5 Å². The Labute approximate surface area is 132 Å². The lowest BCUT2D eigenvalue weighted by Gasteiger charge is -2.28. The molecule has 124 valence electrons. The first-order valence-electron chi connectivity index (χ1n) is 8.16. The van der Waals surface area contributed by atoms with Gasteiger partial charge in [-0.05, 0) is 32.1 Å². The molecule has 2 rings (SSSR count). The predicted octanol–water partition coefficient (Wildman–Crippen LogP) is 1.74. The average molecular weight is 309 g/mol. The molecule has 0 aromatic carbocycles. The van der Waals surface area contributed by atoms with Gasteiger partial charge < -0.3 is 10.2 Å². The summed E-state index contributed by atoms with van der Waals surface area (Å²) in [6.07, 6.45) is 4.15. The molecular weight excluding hydrogens is 282 g/mol. The van der Waals surface area contributed by atoms with Crippen molar-refractivity contribution in [1.29, 1.82) is 0 Å². The van der Waals surface area contributed by atoms with E-state index < -0.39 is 11.6 Å². The fourth-order valence-electron chi connectivity index (χ4n) is 3.47. The van der Waals surface area contributed by atoms with E-state index in [0.29, 0.717) is 18.8 Å². The molecule has 1 atom stereocenters. The van der Waals surface area contributed by atoms with Crippen LogP contribution in [0.2, 0.25) is 0 Å². The van der Waals surface area contributed by atoms with Crippen LogP contribution < -0.4 is 5.32 Å². The summed E-state index contributed by atoms with van der Waals surface area (Å²) in [5.41, 5.74) is -0.737. The Balaban J connectivity index is 1.99. The number of likely N-dealkylation sites (N-methyl/N-ethyl adjacent to an activating group) is 1. The second-order valence-electron chi connectivity index (χ2n) is 7.09. The summed E-state index contributed by atoms with van der Waals surface area (Å²) in [5, 5.41) is 2.80. The van der Waals surface area contributed by atoms with E-state index >= 15 is 0 Å². The van der Waals surface area contributed by atoms with Gasteiger partial charge >= 0.3 is 6.03 Å². The first-order chi connectivity index (χ1) is 10.3. The van der Waals surface area contributed by atoms with Gasteiger partial charge in [0.25, 0.3) is 5.91 Å². The highest BCUT2D eigenvalue weighted by atomic mass is 16.2. The third-order valence-corrected chi connectivity index (χ3v) is 4.86. The zero-order chi connectivity index (χ0) is 16.5. The van der Waals surface area contributed by atoms with Gasteiger partial charge in [0.2, 0.25) is 5.91 Å². The summed E-state index contributed by atoms with van der Waals surface area (Å²) in [6.45, 7) is 6.04. The summed E-state index contributed by atoms with van der Waals surface area (Å²) in [5.74, 6) is 0.0729. The van der Waals surface area contributed by atoms with Crippen molar-refractivity contribution in [2.75, 3.05) is 13.6 Å². The van der Waals surface area contributed by atoms with Crippen molar-refractivity contribution >= 4 is 17.8 Å². The lowest BCUT2D eigenvalue weighted by atomic mass is 9.98. The smallest absolute Gasteiger partial charge is 0.325 e. The van der Waals surface area contributed by atoms with E-state index in [1.54, 1.807) is 11.9 Å². The van der Waals surface area contributed by atoms with Crippen LogP contribution >= 0.6 is 0 Å². The van der Waals surface area contributed by atoms with Crippen molar-refractivity contribution in [3.63, 3.8) is 0 Å². The Morgan fingerprint density at radius 1 is 1.27 bits per heavy atom. The second-order valence-corrected chi connectivity index (χ2v) is 7.09. The molecule has 2 aliphatic rings. The van der Waals surface area contributed by atoms with Crippen LogP contribution in [0.4, 0.5) is 4.79 Å². The fourth-order valence-corrected chi connectivity index (χ4v) is 3.47. The van der Waals surface area contributed by atoms with E-state index in [1.165, 1.54) is 0 Å². The van der Waals surface area contributed by atoms with Crippen LogP contribution in [-0.2, 0) is 9.59 Å². The van der Waals surface area contributed by atoms with Crippen molar-refractivity contribution < 1.29 is 14.4 Å². The maximum Gasteiger partial charge on any atom is 0.325 e. The summed E-state index contributed by atoms with van der Waals surface area (Å²) < 4.78 is 0. The zero-order valence-electron chi connectivity index (χ0n) is 14.0. The van der Waals surface area contributed by atoms with Gasteiger partial charge in [0.1, 0.15) is 12.1 Å². The molecule has 22 heavy (non-hydrogen) atoms. The van der Waals surface area contributed by atoms with Gasteiger partial charge in [0.05, 0.1) is 0 Å². The number of nitrogens with one attached hydrogen (secondary N) is 1. The average Bonchev–Trinajstić information content (AvgIpc) is 2.99. The van der Waals surface area contributed by atoms with Crippen LogP contribution in [-0.4, -0.2) is 52.8 Å². The van der Waals surface area contributed by atoms with Crippen molar-refractivity contribution in [1.82, 2.24) is 15.1 Å². The lowest BCUT2D eigenvalue weighted by molar-refractivity contribution is -0.139. The minimum atomic E-state index is -0.737.